The second-order valence-electron chi connectivity index (χ2n) is 7.37. The Balaban J connectivity index is 4.14. The minimum Gasteiger partial charge on any atom is -0.303 e. The van der Waals surface area contributed by atoms with Crippen LogP contribution < -0.4 is 0 Å². The lowest BCUT2D eigenvalue weighted by Crippen LogP contribution is -2.34. The molecule has 1 heteroatoms. The first-order valence-corrected chi connectivity index (χ1v) is 8.66. The van der Waals surface area contributed by atoms with E-state index in [2.05, 4.69) is 72.6 Å². The Hall–Kier alpha value is -0.300. The van der Waals surface area contributed by atoms with Crippen molar-refractivity contribution in [1.82, 2.24) is 4.90 Å². The first-order valence-electron chi connectivity index (χ1n) is 8.66. The van der Waals surface area contributed by atoms with E-state index in [1.165, 1.54) is 25.8 Å². The highest BCUT2D eigenvalue weighted by molar-refractivity contribution is 4.91. The fraction of sp³-hybridized carbons (Fsp3) is 0.895. The van der Waals surface area contributed by atoms with E-state index >= 15 is 0 Å². The minimum atomic E-state index is 0.649. The molecule has 0 rings (SSSR count). The molecular weight excluding hydrogens is 242 g/mol. The smallest absolute Gasteiger partial charge is 0.00667 e. The van der Waals surface area contributed by atoms with Gasteiger partial charge in [-0.25, -0.2) is 0 Å². The largest absolute Gasteiger partial charge is 0.303 e. The van der Waals surface area contributed by atoms with Crippen molar-refractivity contribution in [2.75, 3.05) is 13.6 Å². The van der Waals surface area contributed by atoms with E-state index < -0.39 is 0 Å². The second-order valence-corrected chi connectivity index (χ2v) is 7.37. The molecule has 0 aliphatic rings. The SMILES string of the molecule is CCCC(C)C=CC(C)CN(C)C(C)CC(C)C(C)C. The van der Waals surface area contributed by atoms with Crippen LogP contribution in [-0.4, -0.2) is 24.5 Å². The van der Waals surface area contributed by atoms with Crippen molar-refractivity contribution >= 4 is 0 Å². The van der Waals surface area contributed by atoms with Gasteiger partial charge in [0.25, 0.3) is 0 Å². The molecule has 0 radical (unpaired) electrons. The van der Waals surface area contributed by atoms with Crippen molar-refractivity contribution in [2.45, 2.75) is 73.8 Å². The minimum absolute atomic E-state index is 0.649. The van der Waals surface area contributed by atoms with E-state index in [4.69, 9.17) is 0 Å². The Kier molecular flexibility index (Phi) is 10.3. The molecule has 0 bridgehead atoms. The summed E-state index contributed by atoms with van der Waals surface area (Å²) in [4.78, 5) is 2.53. The molecule has 0 aliphatic carbocycles. The molecular formula is C19H39N. The predicted octanol–water partition coefficient (Wildman–Crippen LogP) is 5.62. The summed E-state index contributed by atoms with van der Waals surface area (Å²) in [5, 5.41) is 0. The molecule has 1 nitrogen and oxygen atoms in total. The molecule has 0 fully saturated rings. The molecule has 0 saturated carbocycles. The summed E-state index contributed by atoms with van der Waals surface area (Å²) >= 11 is 0. The highest BCUT2D eigenvalue weighted by Gasteiger charge is 2.16. The Morgan fingerprint density at radius 1 is 0.900 bits per heavy atom. The van der Waals surface area contributed by atoms with Crippen molar-refractivity contribution < 1.29 is 0 Å². The first-order chi connectivity index (χ1) is 9.27. The summed E-state index contributed by atoms with van der Waals surface area (Å²) in [7, 11) is 2.28. The van der Waals surface area contributed by atoms with Crippen molar-refractivity contribution in [3.63, 3.8) is 0 Å². The molecule has 0 amide bonds. The molecule has 0 aromatic heterocycles. The number of nitrogens with zero attached hydrogens (tertiary/aromatic N) is 1. The van der Waals surface area contributed by atoms with Gasteiger partial charge in [0.05, 0.1) is 0 Å². The third-order valence-electron chi connectivity index (χ3n) is 4.69. The van der Waals surface area contributed by atoms with Crippen molar-refractivity contribution in [3.8, 4) is 0 Å². The van der Waals surface area contributed by atoms with Gasteiger partial charge < -0.3 is 4.90 Å². The van der Waals surface area contributed by atoms with Crippen LogP contribution in [0.25, 0.3) is 0 Å². The van der Waals surface area contributed by atoms with Gasteiger partial charge in [-0.1, -0.05) is 60.1 Å². The topological polar surface area (TPSA) is 3.24 Å². The van der Waals surface area contributed by atoms with Gasteiger partial charge in [0.15, 0.2) is 0 Å². The van der Waals surface area contributed by atoms with Crippen LogP contribution in [0.15, 0.2) is 12.2 Å². The zero-order valence-electron chi connectivity index (χ0n) is 15.3. The molecule has 0 aromatic rings. The van der Waals surface area contributed by atoms with Crippen molar-refractivity contribution in [1.29, 1.82) is 0 Å². The highest BCUT2D eigenvalue weighted by atomic mass is 15.1. The standard InChI is InChI=1S/C19H39N/c1-9-10-16(4)11-12-17(5)14-20(8)19(7)13-18(6)15(2)3/h11-12,15-19H,9-10,13-14H2,1-8H3. The monoisotopic (exact) mass is 281 g/mol. The lowest BCUT2D eigenvalue weighted by Gasteiger charge is -2.30. The maximum atomic E-state index is 2.53. The maximum Gasteiger partial charge on any atom is 0.00667 e. The Labute approximate surface area is 128 Å². The molecule has 0 aliphatic heterocycles. The number of rotatable bonds is 10. The van der Waals surface area contributed by atoms with Gasteiger partial charge in [0.1, 0.15) is 0 Å². The fourth-order valence-corrected chi connectivity index (χ4v) is 2.62. The van der Waals surface area contributed by atoms with Crippen LogP contribution in [0.4, 0.5) is 0 Å². The highest BCUT2D eigenvalue weighted by Crippen LogP contribution is 2.19. The zero-order valence-corrected chi connectivity index (χ0v) is 15.3. The van der Waals surface area contributed by atoms with Gasteiger partial charge >= 0.3 is 0 Å². The van der Waals surface area contributed by atoms with E-state index in [-0.39, 0.29) is 0 Å². The quantitative estimate of drug-likeness (QED) is 0.470. The Bertz CT molecular complexity index is 256. The predicted molar refractivity (Wildman–Crippen MR) is 93.1 cm³/mol. The van der Waals surface area contributed by atoms with Gasteiger partial charge in [0, 0.05) is 12.6 Å². The van der Waals surface area contributed by atoms with Gasteiger partial charge in [-0.3, -0.25) is 0 Å². The molecule has 120 valence electrons. The van der Waals surface area contributed by atoms with Crippen molar-refractivity contribution in [2.24, 2.45) is 23.7 Å². The molecule has 20 heavy (non-hydrogen) atoms. The van der Waals surface area contributed by atoms with Crippen LogP contribution >= 0.6 is 0 Å². The van der Waals surface area contributed by atoms with Gasteiger partial charge in [-0.05, 0) is 50.5 Å². The fourth-order valence-electron chi connectivity index (χ4n) is 2.62. The lowest BCUT2D eigenvalue weighted by atomic mass is 9.91. The van der Waals surface area contributed by atoms with Gasteiger partial charge in [0.2, 0.25) is 0 Å². The molecule has 4 atom stereocenters. The van der Waals surface area contributed by atoms with Crippen LogP contribution in [0, 0.1) is 23.7 Å². The molecule has 4 unspecified atom stereocenters. The van der Waals surface area contributed by atoms with Gasteiger partial charge in [-0.2, -0.15) is 0 Å². The molecule has 0 N–H and O–H groups in total. The molecule has 0 aromatic carbocycles. The third-order valence-corrected chi connectivity index (χ3v) is 4.69. The second kappa shape index (κ2) is 10.4. The number of allylic oxidation sites excluding steroid dienone is 1. The average molecular weight is 282 g/mol. The Morgan fingerprint density at radius 3 is 1.95 bits per heavy atom. The average Bonchev–Trinajstić information content (AvgIpc) is 2.36. The van der Waals surface area contributed by atoms with E-state index in [9.17, 15) is 0 Å². The zero-order chi connectivity index (χ0) is 15.7. The third kappa shape index (κ3) is 8.79. The lowest BCUT2D eigenvalue weighted by molar-refractivity contribution is 0.195. The van der Waals surface area contributed by atoms with Crippen molar-refractivity contribution in [3.05, 3.63) is 12.2 Å². The van der Waals surface area contributed by atoms with Gasteiger partial charge in [-0.15, -0.1) is 0 Å². The normalized spacial score (nSPS) is 18.7. The maximum absolute atomic E-state index is 2.53. The van der Waals surface area contributed by atoms with E-state index in [1.807, 2.05) is 0 Å². The molecule has 0 spiro atoms. The summed E-state index contributed by atoms with van der Waals surface area (Å²) in [6.07, 6.45) is 8.71. The van der Waals surface area contributed by atoms with Crippen LogP contribution in [0.1, 0.15) is 67.7 Å². The van der Waals surface area contributed by atoms with Crippen LogP contribution in [0.3, 0.4) is 0 Å². The Morgan fingerprint density at radius 2 is 1.45 bits per heavy atom. The molecule has 0 heterocycles. The summed E-state index contributed by atoms with van der Waals surface area (Å²) in [6.45, 7) is 17.5. The van der Waals surface area contributed by atoms with E-state index in [0.717, 1.165) is 17.8 Å². The summed E-state index contributed by atoms with van der Waals surface area (Å²) < 4.78 is 0. The van der Waals surface area contributed by atoms with E-state index in [1.54, 1.807) is 0 Å². The summed E-state index contributed by atoms with van der Waals surface area (Å²) in [5.74, 6) is 2.98. The van der Waals surface area contributed by atoms with Crippen LogP contribution in [0.5, 0.6) is 0 Å². The first kappa shape index (κ1) is 19.7. The number of hydrogen-bond acceptors (Lipinski definition) is 1. The summed E-state index contributed by atoms with van der Waals surface area (Å²) in [6, 6.07) is 0.677. The van der Waals surface area contributed by atoms with Crippen LogP contribution in [-0.2, 0) is 0 Å². The van der Waals surface area contributed by atoms with E-state index in [0.29, 0.717) is 12.0 Å². The molecule has 0 saturated heterocycles. The number of hydrogen-bond donors (Lipinski definition) is 0. The van der Waals surface area contributed by atoms with Crippen LogP contribution in [0.2, 0.25) is 0 Å². The summed E-state index contributed by atoms with van der Waals surface area (Å²) in [5.41, 5.74) is 0.